The zero-order valence-electron chi connectivity index (χ0n) is 10.8. The van der Waals surface area contributed by atoms with E-state index < -0.39 is 11.7 Å². The second-order valence-corrected chi connectivity index (χ2v) is 5.10. The third kappa shape index (κ3) is 4.26. The normalized spacial score (nSPS) is 10.8. The number of carbonyl (C=O) groups excluding carboxylic acids is 1. The molecule has 0 bridgehead atoms. The van der Waals surface area contributed by atoms with Crippen LogP contribution >= 0.6 is 15.9 Å². The summed E-state index contributed by atoms with van der Waals surface area (Å²) in [5.74, 6) is -0.965. The fourth-order valence-electron chi connectivity index (χ4n) is 1.68. The van der Waals surface area contributed by atoms with Gasteiger partial charge in [-0.15, -0.1) is 0 Å². The van der Waals surface area contributed by atoms with Gasteiger partial charge in [-0.1, -0.05) is 34.1 Å². The van der Waals surface area contributed by atoms with Crippen molar-refractivity contribution in [3.05, 3.63) is 70.0 Å². The largest absolute Gasteiger partial charge is 0.321 e. The molecule has 1 amide bonds. The summed E-state index contributed by atoms with van der Waals surface area (Å²) in [6.07, 6.45) is 1.34. The molecular weight excluding hydrogens is 335 g/mol. The van der Waals surface area contributed by atoms with Crippen LogP contribution in [0.1, 0.15) is 5.56 Å². The first-order chi connectivity index (χ1) is 10.1. The molecule has 0 aliphatic carbocycles. The average Bonchev–Trinajstić information content (AvgIpc) is 2.44. The fraction of sp³-hybridized carbons (Fsp3) is 0. The SMILES string of the molecule is N#CC(=Cc1cccc(F)c1)C(=O)Nc1cccc(Br)c1. The Morgan fingerprint density at radius 2 is 2.00 bits per heavy atom. The predicted octanol–water partition coefficient (Wildman–Crippen LogP) is 4.13. The molecule has 0 spiro atoms. The molecule has 0 aliphatic rings. The third-order valence-corrected chi connectivity index (χ3v) is 3.10. The van der Waals surface area contributed by atoms with Crippen LogP contribution in [0.4, 0.5) is 10.1 Å². The molecule has 0 unspecified atom stereocenters. The van der Waals surface area contributed by atoms with E-state index in [9.17, 15) is 9.18 Å². The lowest BCUT2D eigenvalue weighted by Crippen LogP contribution is -2.13. The Bertz CT molecular complexity index is 750. The number of rotatable bonds is 3. The second kappa shape index (κ2) is 6.82. The highest BCUT2D eigenvalue weighted by Gasteiger charge is 2.09. The van der Waals surface area contributed by atoms with Crippen LogP contribution in [-0.4, -0.2) is 5.91 Å². The Morgan fingerprint density at radius 3 is 2.67 bits per heavy atom. The maximum atomic E-state index is 13.1. The molecule has 2 rings (SSSR count). The first kappa shape index (κ1) is 14.9. The van der Waals surface area contributed by atoms with E-state index in [1.165, 1.54) is 24.3 Å². The number of benzene rings is 2. The number of nitriles is 1. The maximum Gasteiger partial charge on any atom is 0.266 e. The van der Waals surface area contributed by atoms with Crippen LogP contribution in [0, 0.1) is 17.1 Å². The van der Waals surface area contributed by atoms with Crippen molar-refractivity contribution in [2.75, 3.05) is 5.32 Å². The summed E-state index contributed by atoms with van der Waals surface area (Å²) in [7, 11) is 0. The molecule has 0 aromatic heterocycles. The Hall–Kier alpha value is -2.45. The minimum absolute atomic E-state index is 0.0967. The molecule has 1 N–H and O–H groups in total. The Morgan fingerprint density at radius 1 is 1.24 bits per heavy atom. The highest BCUT2D eigenvalue weighted by atomic mass is 79.9. The number of amides is 1. The van der Waals surface area contributed by atoms with Crippen molar-refractivity contribution in [2.24, 2.45) is 0 Å². The van der Waals surface area contributed by atoms with Gasteiger partial charge in [0.1, 0.15) is 17.5 Å². The maximum absolute atomic E-state index is 13.1. The molecule has 0 fully saturated rings. The highest BCUT2D eigenvalue weighted by Crippen LogP contribution is 2.17. The molecule has 2 aromatic carbocycles. The standard InChI is InChI=1S/C16H10BrFN2O/c17-13-4-2-6-15(9-13)20-16(21)12(10-19)7-11-3-1-5-14(18)8-11/h1-9H,(H,20,21). The van der Waals surface area contributed by atoms with Crippen molar-refractivity contribution in [1.29, 1.82) is 5.26 Å². The molecule has 0 saturated heterocycles. The van der Waals surface area contributed by atoms with Crippen LogP contribution in [0.3, 0.4) is 0 Å². The average molecular weight is 345 g/mol. The van der Waals surface area contributed by atoms with Crippen LogP contribution in [0.25, 0.3) is 6.08 Å². The number of halogens is 2. The minimum atomic E-state index is -0.542. The van der Waals surface area contributed by atoms with Gasteiger partial charge in [0, 0.05) is 10.2 Å². The molecule has 2 aromatic rings. The van der Waals surface area contributed by atoms with E-state index in [-0.39, 0.29) is 5.57 Å². The zero-order chi connectivity index (χ0) is 15.2. The van der Waals surface area contributed by atoms with Gasteiger partial charge in [0.25, 0.3) is 5.91 Å². The first-order valence-corrected chi connectivity index (χ1v) is 6.82. The van der Waals surface area contributed by atoms with Crippen molar-refractivity contribution in [3.8, 4) is 6.07 Å². The van der Waals surface area contributed by atoms with Crippen LogP contribution in [0.15, 0.2) is 58.6 Å². The summed E-state index contributed by atoms with van der Waals surface area (Å²) in [4.78, 5) is 12.0. The summed E-state index contributed by atoms with van der Waals surface area (Å²) in [5, 5.41) is 11.7. The summed E-state index contributed by atoms with van der Waals surface area (Å²) >= 11 is 3.30. The molecular formula is C16H10BrFN2O. The van der Waals surface area contributed by atoms with Crippen molar-refractivity contribution in [2.45, 2.75) is 0 Å². The second-order valence-electron chi connectivity index (χ2n) is 4.19. The summed E-state index contributed by atoms with van der Waals surface area (Å²) in [6, 6.07) is 14.5. The van der Waals surface area contributed by atoms with Gasteiger partial charge in [-0.3, -0.25) is 4.79 Å². The molecule has 104 valence electrons. The van der Waals surface area contributed by atoms with Gasteiger partial charge in [0.05, 0.1) is 0 Å². The third-order valence-electron chi connectivity index (χ3n) is 2.61. The predicted molar refractivity (Wildman–Crippen MR) is 82.8 cm³/mol. The molecule has 0 saturated carbocycles. The number of carbonyl (C=O) groups is 1. The molecule has 3 nitrogen and oxygen atoms in total. The van der Waals surface area contributed by atoms with E-state index in [2.05, 4.69) is 21.2 Å². The van der Waals surface area contributed by atoms with E-state index in [1.54, 1.807) is 24.3 Å². The summed E-state index contributed by atoms with van der Waals surface area (Å²) < 4.78 is 13.9. The van der Waals surface area contributed by atoms with Gasteiger partial charge in [0.2, 0.25) is 0 Å². The van der Waals surface area contributed by atoms with Gasteiger partial charge in [-0.25, -0.2) is 4.39 Å². The molecule has 0 aliphatic heterocycles. The number of nitrogens with zero attached hydrogens (tertiary/aromatic N) is 1. The Kier molecular flexibility index (Phi) is 4.85. The van der Waals surface area contributed by atoms with E-state index in [0.717, 1.165) is 4.47 Å². The lowest BCUT2D eigenvalue weighted by molar-refractivity contribution is -0.112. The van der Waals surface area contributed by atoms with Gasteiger partial charge < -0.3 is 5.32 Å². The van der Waals surface area contributed by atoms with Gasteiger partial charge >= 0.3 is 0 Å². The molecule has 0 atom stereocenters. The molecule has 0 heterocycles. The van der Waals surface area contributed by atoms with Crippen LogP contribution in [-0.2, 0) is 4.79 Å². The van der Waals surface area contributed by atoms with Gasteiger partial charge in [-0.05, 0) is 42.0 Å². The van der Waals surface area contributed by atoms with E-state index >= 15 is 0 Å². The van der Waals surface area contributed by atoms with E-state index in [1.807, 2.05) is 12.1 Å². The topological polar surface area (TPSA) is 52.9 Å². The number of anilines is 1. The van der Waals surface area contributed by atoms with Gasteiger partial charge in [-0.2, -0.15) is 5.26 Å². The highest BCUT2D eigenvalue weighted by molar-refractivity contribution is 9.10. The molecule has 5 heteroatoms. The Labute approximate surface area is 129 Å². The van der Waals surface area contributed by atoms with Crippen LogP contribution in [0.5, 0.6) is 0 Å². The summed E-state index contributed by atoms with van der Waals surface area (Å²) in [6.45, 7) is 0. The number of hydrogen-bond acceptors (Lipinski definition) is 2. The zero-order valence-corrected chi connectivity index (χ0v) is 12.4. The monoisotopic (exact) mass is 344 g/mol. The molecule has 21 heavy (non-hydrogen) atoms. The van der Waals surface area contributed by atoms with E-state index in [0.29, 0.717) is 11.3 Å². The first-order valence-electron chi connectivity index (χ1n) is 6.03. The van der Waals surface area contributed by atoms with Crippen molar-refractivity contribution in [3.63, 3.8) is 0 Å². The summed E-state index contributed by atoms with van der Waals surface area (Å²) in [5.41, 5.74) is 0.922. The van der Waals surface area contributed by atoms with Crippen molar-refractivity contribution in [1.82, 2.24) is 0 Å². The smallest absolute Gasteiger partial charge is 0.266 e. The lowest BCUT2D eigenvalue weighted by Gasteiger charge is -2.04. The quantitative estimate of drug-likeness (QED) is 0.672. The van der Waals surface area contributed by atoms with Crippen molar-refractivity contribution >= 4 is 33.6 Å². The Balaban J connectivity index is 2.21. The van der Waals surface area contributed by atoms with Crippen LogP contribution in [0.2, 0.25) is 0 Å². The number of nitrogens with one attached hydrogen (secondary N) is 1. The van der Waals surface area contributed by atoms with Crippen molar-refractivity contribution < 1.29 is 9.18 Å². The fourth-order valence-corrected chi connectivity index (χ4v) is 2.08. The van der Waals surface area contributed by atoms with Crippen LogP contribution < -0.4 is 5.32 Å². The number of hydrogen-bond donors (Lipinski definition) is 1. The lowest BCUT2D eigenvalue weighted by atomic mass is 10.1. The van der Waals surface area contributed by atoms with Gasteiger partial charge in [0.15, 0.2) is 0 Å². The minimum Gasteiger partial charge on any atom is -0.321 e. The molecule has 0 radical (unpaired) electrons. The van der Waals surface area contributed by atoms with E-state index in [4.69, 9.17) is 5.26 Å².